The zero-order chi connectivity index (χ0) is 25.1. The van der Waals surface area contributed by atoms with Crippen molar-refractivity contribution in [1.82, 2.24) is 10.9 Å². The van der Waals surface area contributed by atoms with E-state index in [9.17, 15) is 24.0 Å². The maximum Gasteiger partial charge on any atom is 0.338 e. The van der Waals surface area contributed by atoms with Gasteiger partial charge in [-0.2, -0.15) is 0 Å². The first kappa shape index (κ1) is 24.4. The van der Waals surface area contributed by atoms with Gasteiger partial charge in [0.15, 0.2) is 6.61 Å². The van der Waals surface area contributed by atoms with Gasteiger partial charge in [-0.25, -0.2) is 4.79 Å². The topological polar surface area (TPSA) is 122 Å². The molecule has 4 amide bonds. The molecule has 2 fully saturated rings. The Balaban J connectivity index is 1.28. The molecule has 9 nitrogen and oxygen atoms in total. The minimum absolute atomic E-state index is 0.150. The highest BCUT2D eigenvalue weighted by atomic mass is 35.5. The van der Waals surface area contributed by atoms with Crippen LogP contribution in [0.4, 0.5) is 5.69 Å². The summed E-state index contributed by atoms with van der Waals surface area (Å²) in [4.78, 5) is 63.0. The van der Waals surface area contributed by atoms with E-state index in [0.717, 1.165) is 6.42 Å². The van der Waals surface area contributed by atoms with Crippen LogP contribution < -0.4 is 15.8 Å². The van der Waals surface area contributed by atoms with E-state index >= 15 is 0 Å². The number of halogens is 1. The number of rotatable bonds is 5. The van der Waals surface area contributed by atoms with Gasteiger partial charge in [-0.3, -0.25) is 34.9 Å². The number of benzene rings is 2. The van der Waals surface area contributed by atoms with Crippen LogP contribution in [-0.2, 0) is 19.1 Å². The fraction of sp³-hybridized carbons (Fsp3) is 0.320. The number of nitrogens with zero attached hydrogens (tertiary/aromatic N) is 1. The van der Waals surface area contributed by atoms with Crippen molar-refractivity contribution >= 4 is 46.9 Å². The Labute approximate surface area is 206 Å². The number of ether oxygens (including phenoxy) is 1. The first-order valence-corrected chi connectivity index (χ1v) is 11.6. The zero-order valence-electron chi connectivity index (χ0n) is 19.0. The molecule has 0 radical (unpaired) electrons. The number of hydrogen-bond donors (Lipinski definition) is 2. The second kappa shape index (κ2) is 10.3. The summed E-state index contributed by atoms with van der Waals surface area (Å²) in [6.07, 6.45) is 2.34. The quantitative estimate of drug-likeness (QED) is 0.372. The lowest BCUT2D eigenvalue weighted by molar-refractivity contribution is -0.125. The van der Waals surface area contributed by atoms with E-state index in [-0.39, 0.29) is 34.8 Å². The summed E-state index contributed by atoms with van der Waals surface area (Å²) in [5.74, 6) is -2.60. The van der Waals surface area contributed by atoms with Gasteiger partial charge in [0.1, 0.15) is 0 Å². The molecule has 10 heteroatoms. The van der Waals surface area contributed by atoms with Crippen LogP contribution in [0.1, 0.15) is 46.9 Å². The van der Waals surface area contributed by atoms with Crippen molar-refractivity contribution in [3.05, 3.63) is 64.7 Å². The van der Waals surface area contributed by atoms with Crippen molar-refractivity contribution < 1.29 is 28.7 Å². The minimum Gasteiger partial charge on any atom is -0.452 e. The van der Waals surface area contributed by atoms with Gasteiger partial charge in [0.25, 0.3) is 11.8 Å². The van der Waals surface area contributed by atoms with Crippen LogP contribution in [0.25, 0.3) is 0 Å². The molecule has 2 aromatic carbocycles. The Morgan fingerprint density at radius 1 is 0.914 bits per heavy atom. The molecule has 0 bridgehead atoms. The largest absolute Gasteiger partial charge is 0.452 e. The monoisotopic (exact) mass is 497 g/mol. The van der Waals surface area contributed by atoms with Crippen molar-refractivity contribution in [3.8, 4) is 0 Å². The van der Waals surface area contributed by atoms with Crippen LogP contribution >= 0.6 is 11.6 Å². The third-order valence-corrected chi connectivity index (χ3v) is 6.56. The number of amides is 4. The first-order valence-electron chi connectivity index (χ1n) is 11.2. The van der Waals surface area contributed by atoms with Gasteiger partial charge in [-0.05, 0) is 73.7 Å². The predicted octanol–water partition coefficient (Wildman–Crippen LogP) is 2.88. The molecule has 35 heavy (non-hydrogen) atoms. The van der Waals surface area contributed by atoms with Crippen LogP contribution in [0, 0.1) is 17.8 Å². The Hall–Kier alpha value is -3.72. The van der Waals surface area contributed by atoms with Crippen LogP contribution in [0.2, 0.25) is 5.02 Å². The molecule has 0 spiro atoms. The Morgan fingerprint density at radius 2 is 1.54 bits per heavy atom. The lowest BCUT2D eigenvalue weighted by atomic mass is 9.76. The maximum absolute atomic E-state index is 12.8. The summed E-state index contributed by atoms with van der Waals surface area (Å²) in [6.45, 7) is 1.47. The average molecular weight is 498 g/mol. The molecule has 1 heterocycles. The molecule has 1 aliphatic heterocycles. The van der Waals surface area contributed by atoms with Crippen LogP contribution in [-0.4, -0.2) is 36.2 Å². The minimum atomic E-state index is -0.766. The van der Waals surface area contributed by atoms with Gasteiger partial charge in [-0.15, -0.1) is 0 Å². The molecule has 0 aromatic heterocycles. The van der Waals surface area contributed by atoms with E-state index in [4.69, 9.17) is 16.3 Å². The SMILES string of the molecule is C[C@@H]1CC[C@H]2C(=O)N(c3ccc(C(=O)OCC(=O)NNC(=O)c4ccc(Cl)cc4)cc3)C(=O)[C@@H]2C1. The molecule has 2 aliphatic rings. The second-order valence-corrected chi connectivity index (χ2v) is 9.21. The highest BCUT2D eigenvalue weighted by molar-refractivity contribution is 6.30. The van der Waals surface area contributed by atoms with Crippen molar-refractivity contribution in [1.29, 1.82) is 0 Å². The molecule has 1 saturated heterocycles. The zero-order valence-corrected chi connectivity index (χ0v) is 19.7. The molecule has 0 unspecified atom stereocenters. The molecule has 3 atom stereocenters. The van der Waals surface area contributed by atoms with Crippen molar-refractivity contribution in [2.45, 2.75) is 26.2 Å². The molecule has 1 saturated carbocycles. The fourth-order valence-corrected chi connectivity index (χ4v) is 4.57. The van der Waals surface area contributed by atoms with Crippen molar-refractivity contribution in [2.24, 2.45) is 17.8 Å². The summed E-state index contributed by atoms with van der Waals surface area (Å²) in [5.41, 5.74) is 5.21. The summed E-state index contributed by atoms with van der Waals surface area (Å²) < 4.78 is 4.97. The maximum atomic E-state index is 12.8. The van der Waals surface area contributed by atoms with E-state index in [1.807, 2.05) is 0 Å². The Kier molecular flexibility index (Phi) is 7.16. The molecule has 2 N–H and O–H groups in total. The number of anilines is 1. The van der Waals surface area contributed by atoms with E-state index in [0.29, 0.717) is 29.5 Å². The van der Waals surface area contributed by atoms with E-state index < -0.39 is 24.4 Å². The number of hydrazine groups is 1. The van der Waals surface area contributed by atoms with E-state index in [1.54, 1.807) is 0 Å². The van der Waals surface area contributed by atoms with Crippen molar-refractivity contribution in [3.63, 3.8) is 0 Å². The van der Waals surface area contributed by atoms with Crippen LogP contribution in [0.15, 0.2) is 48.5 Å². The Morgan fingerprint density at radius 3 is 2.23 bits per heavy atom. The van der Waals surface area contributed by atoms with Gasteiger partial charge in [0.2, 0.25) is 11.8 Å². The number of nitrogens with one attached hydrogen (secondary N) is 2. The highest BCUT2D eigenvalue weighted by Crippen LogP contribution is 2.42. The molecule has 2 aromatic rings. The average Bonchev–Trinajstić information content (AvgIpc) is 3.10. The standard InChI is InChI=1S/C25H24ClN3O6/c1-14-2-11-19-20(12-14)24(33)29(23(19)32)18-9-5-16(6-10-18)25(34)35-13-21(30)27-28-22(31)15-3-7-17(26)8-4-15/h3-10,14,19-20H,2,11-13H2,1H3,(H,27,30)(H,28,31)/t14-,19-,20-/m1/s1. The second-order valence-electron chi connectivity index (χ2n) is 8.78. The van der Waals surface area contributed by atoms with E-state index in [1.165, 1.54) is 53.4 Å². The number of esters is 1. The fourth-order valence-electron chi connectivity index (χ4n) is 4.44. The van der Waals surface area contributed by atoms with Gasteiger partial charge in [-0.1, -0.05) is 18.5 Å². The molecule has 1 aliphatic carbocycles. The lowest BCUT2D eigenvalue weighted by Gasteiger charge is -2.25. The van der Waals surface area contributed by atoms with E-state index in [2.05, 4.69) is 17.8 Å². The number of fused-ring (bicyclic) bond motifs is 1. The smallest absolute Gasteiger partial charge is 0.338 e. The lowest BCUT2D eigenvalue weighted by Crippen LogP contribution is -2.43. The predicted molar refractivity (Wildman–Crippen MR) is 126 cm³/mol. The highest BCUT2D eigenvalue weighted by Gasteiger charge is 2.49. The third kappa shape index (κ3) is 5.35. The van der Waals surface area contributed by atoms with Gasteiger partial charge in [0, 0.05) is 10.6 Å². The summed E-state index contributed by atoms with van der Waals surface area (Å²) in [7, 11) is 0. The van der Waals surface area contributed by atoms with Crippen molar-refractivity contribution in [2.75, 3.05) is 11.5 Å². The number of carbonyl (C=O) groups is 5. The van der Waals surface area contributed by atoms with Gasteiger partial charge >= 0.3 is 5.97 Å². The van der Waals surface area contributed by atoms with Crippen LogP contribution in [0.3, 0.4) is 0 Å². The Bertz CT molecular complexity index is 1160. The number of imide groups is 1. The first-order chi connectivity index (χ1) is 16.7. The normalized spacial score (nSPS) is 21.3. The molecule has 182 valence electrons. The summed E-state index contributed by atoms with van der Waals surface area (Å²) >= 11 is 5.77. The molecular formula is C25H24ClN3O6. The van der Waals surface area contributed by atoms with Crippen LogP contribution in [0.5, 0.6) is 0 Å². The summed E-state index contributed by atoms with van der Waals surface area (Å²) in [6, 6.07) is 11.9. The number of carbonyl (C=O) groups excluding carboxylic acids is 5. The van der Waals surface area contributed by atoms with Gasteiger partial charge < -0.3 is 4.74 Å². The summed E-state index contributed by atoms with van der Waals surface area (Å²) in [5, 5.41) is 0.469. The third-order valence-electron chi connectivity index (χ3n) is 6.31. The molecule has 4 rings (SSSR count). The molecular weight excluding hydrogens is 474 g/mol. The number of hydrogen-bond acceptors (Lipinski definition) is 6. The van der Waals surface area contributed by atoms with Gasteiger partial charge in [0.05, 0.1) is 23.1 Å².